The van der Waals surface area contributed by atoms with Crippen LogP contribution in [0.4, 0.5) is 0 Å². The Morgan fingerprint density at radius 1 is 1.19 bits per heavy atom. The summed E-state index contributed by atoms with van der Waals surface area (Å²) in [5.74, 6) is 0.263. The molecule has 2 aliphatic rings. The number of carbonyl (C=O) groups excluding carboxylic acids is 1. The number of nitrogens with two attached hydrogens (primary N) is 1. The minimum Gasteiger partial charge on any atom is -0.388 e. The number of hydrogen-bond donors (Lipinski definition) is 4. The van der Waals surface area contributed by atoms with Gasteiger partial charge in [-0.15, -0.1) is 0 Å². The Bertz CT molecular complexity index is 1530. The summed E-state index contributed by atoms with van der Waals surface area (Å²) in [6, 6.07) is 13.6. The fourth-order valence-electron chi connectivity index (χ4n) is 5.57. The summed E-state index contributed by atoms with van der Waals surface area (Å²) in [5, 5.41) is 27.7. The molecule has 0 atom stereocenters. The van der Waals surface area contributed by atoms with Crippen molar-refractivity contribution in [1.82, 2.24) is 20.3 Å². The van der Waals surface area contributed by atoms with Crippen molar-refractivity contribution in [3.05, 3.63) is 81.3 Å². The smallest absolute Gasteiger partial charge is 0.279 e. The molecule has 220 valence electrons. The van der Waals surface area contributed by atoms with Gasteiger partial charge in [0, 0.05) is 43.8 Å². The van der Waals surface area contributed by atoms with Gasteiger partial charge in [0.25, 0.3) is 5.91 Å². The van der Waals surface area contributed by atoms with Crippen LogP contribution in [0.5, 0.6) is 0 Å². The van der Waals surface area contributed by atoms with Crippen molar-refractivity contribution in [1.29, 1.82) is 5.41 Å². The first kappa shape index (κ1) is 29.7. The van der Waals surface area contributed by atoms with Crippen molar-refractivity contribution in [2.24, 2.45) is 10.7 Å². The number of rotatable bonds is 8. The molecule has 1 fully saturated rings. The number of aromatic nitrogens is 1. The lowest BCUT2D eigenvalue weighted by Crippen LogP contribution is -2.53. The molecule has 5 rings (SSSR count). The van der Waals surface area contributed by atoms with E-state index in [2.05, 4.69) is 20.4 Å². The Hall–Kier alpha value is -3.83. The molecule has 3 aromatic rings. The summed E-state index contributed by atoms with van der Waals surface area (Å²) in [5.41, 5.74) is 10.8. The molecular formula is C31H36ClN7O3. The normalized spacial score (nSPS) is 18.5. The molecule has 0 unspecified atom stereocenters. The molecule has 3 heterocycles. The first-order valence-electron chi connectivity index (χ1n) is 13.9. The second-order valence-corrected chi connectivity index (χ2v) is 11.3. The predicted molar refractivity (Wildman–Crippen MR) is 164 cm³/mol. The van der Waals surface area contributed by atoms with E-state index < -0.39 is 11.5 Å². The molecule has 0 aliphatic carbocycles. The number of nitrogens with zero attached hydrogens (tertiary/aromatic N) is 4. The Morgan fingerprint density at radius 2 is 1.90 bits per heavy atom. The number of aryl methyl sites for hydroxylation is 2. The van der Waals surface area contributed by atoms with Gasteiger partial charge >= 0.3 is 0 Å². The molecule has 0 saturated carbocycles. The van der Waals surface area contributed by atoms with Crippen LogP contribution in [0.3, 0.4) is 0 Å². The lowest BCUT2D eigenvalue weighted by molar-refractivity contribution is -0.124. The number of aliphatic imine (C=N–C) groups is 1. The summed E-state index contributed by atoms with van der Waals surface area (Å²) < 4.78 is 5.30. The molecule has 42 heavy (non-hydrogen) atoms. The van der Waals surface area contributed by atoms with Gasteiger partial charge in [0.05, 0.1) is 29.9 Å². The van der Waals surface area contributed by atoms with Gasteiger partial charge in [-0.05, 0) is 55.0 Å². The second-order valence-electron chi connectivity index (χ2n) is 10.9. The quantitative estimate of drug-likeness (QED) is 0.312. The maximum atomic E-state index is 13.2. The number of piperidine rings is 1. The highest BCUT2D eigenvalue weighted by atomic mass is 35.5. The van der Waals surface area contributed by atoms with E-state index in [1.807, 2.05) is 56.3 Å². The number of amides is 1. The summed E-state index contributed by atoms with van der Waals surface area (Å²) in [4.78, 5) is 21.2. The molecule has 2 aliphatic heterocycles. The molecule has 2 aromatic carbocycles. The fourth-order valence-corrected chi connectivity index (χ4v) is 5.81. The van der Waals surface area contributed by atoms with Crippen LogP contribution in [0.25, 0.3) is 16.8 Å². The number of hydrogen-bond acceptors (Lipinski definition) is 9. The molecule has 0 radical (unpaired) electrons. The van der Waals surface area contributed by atoms with Crippen molar-refractivity contribution in [2.75, 3.05) is 26.7 Å². The Kier molecular flexibility index (Phi) is 8.60. The maximum Gasteiger partial charge on any atom is 0.279 e. The number of nitrogens with one attached hydrogen (secondary N) is 2. The van der Waals surface area contributed by atoms with E-state index in [1.165, 1.54) is 11.2 Å². The van der Waals surface area contributed by atoms with Crippen LogP contribution in [-0.4, -0.2) is 70.3 Å². The highest BCUT2D eigenvalue weighted by molar-refractivity contribution is 6.47. The van der Waals surface area contributed by atoms with E-state index in [0.717, 1.165) is 39.3 Å². The van der Waals surface area contributed by atoms with Gasteiger partial charge in [-0.3, -0.25) is 20.0 Å². The third-order valence-electron chi connectivity index (χ3n) is 8.02. The largest absolute Gasteiger partial charge is 0.388 e. The average molecular weight is 590 g/mol. The molecule has 0 spiro atoms. The highest BCUT2D eigenvalue weighted by Gasteiger charge is 2.38. The summed E-state index contributed by atoms with van der Waals surface area (Å²) in [6.07, 6.45) is 2.38. The maximum absolute atomic E-state index is 13.2. The molecule has 1 aromatic heterocycles. The third kappa shape index (κ3) is 6.03. The second kappa shape index (κ2) is 12.2. The van der Waals surface area contributed by atoms with Crippen molar-refractivity contribution in [3.63, 3.8) is 0 Å². The Morgan fingerprint density at radius 3 is 2.50 bits per heavy atom. The van der Waals surface area contributed by atoms with E-state index in [0.29, 0.717) is 49.7 Å². The standard InChI is InChI=1S/C31H36ClN7O3/c1-19-26(20(2)42-37-19)23-8-9-24(25(32)14-23)16-38-12-10-31(41,11-13-38)17-39-18-36-29(27(34)30(39)40)28(35-3)22-6-4-21(15-33)5-7-22/h4-9,14,18,34-35,41H,10-13,15-17,33H2,1-3H3/b29-28+,34-27?. The van der Waals surface area contributed by atoms with Gasteiger partial charge in [-0.1, -0.05) is 53.2 Å². The number of carbonyl (C=O) groups is 1. The lowest BCUT2D eigenvalue weighted by atomic mass is 9.90. The molecule has 0 bridgehead atoms. The Labute approximate surface area is 250 Å². The zero-order valence-corrected chi connectivity index (χ0v) is 24.8. The van der Waals surface area contributed by atoms with Crippen LogP contribution in [0.15, 0.2) is 57.7 Å². The molecule has 10 nitrogen and oxygen atoms in total. The average Bonchev–Trinajstić information content (AvgIpc) is 3.33. The first-order valence-corrected chi connectivity index (χ1v) is 14.3. The lowest BCUT2D eigenvalue weighted by Gasteiger charge is -2.40. The zero-order valence-electron chi connectivity index (χ0n) is 24.1. The number of aliphatic hydroxyl groups is 1. The number of halogens is 1. The van der Waals surface area contributed by atoms with Crippen LogP contribution in [0, 0.1) is 19.3 Å². The van der Waals surface area contributed by atoms with E-state index in [1.54, 1.807) is 7.05 Å². The van der Waals surface area contributed by atoms with Crippen molar-refractivity contribution >= 4 is 35.3 Å². The number of benzene rings is 2. The highest BCUT2D eigenvalue weighted by Crippen LogP contribution is 2.32. The van der Waals surface area contributed by atoms with Crippen molar-refractivity contribution in [3.8, 4) is 11.1 Å². The minimum absolute atomic E-state index is 0.0752. The predicted octanol–water partition coefficient (Wildman–Crippen LogP) is 3.88. The van der Waals surface area contributed by atoms with Gasteiger partial charge in [0.15, 0.2) is 0 Å². The summed E-state index contributed by atoms with van der Waals surface area (Å²) in [7, 11) is 1.73. The van der Waals surface area contributed by atoms with Crippen LogP contribution in [0.1, 0.15) is 41.0 Å². The Balaban J connectivity index is 1.22. The number of β-amino-alcohol motifs (C(OH)–C–C–N with tert-alkyl or cyclic N) is 1. The first-order chi connectivity index (χ1) is 20.1. The summed E-state index contributed by atoms with van der Waals surface area (Å²) >= 11 is 6.66. The molecule has 1 amide bonds. The van der Waals surface area contributed by atoms with Gasteiger partial charge < -0.3 is 20.7 Å². The van der Waals surface area contributed by atoms with Crippen molar-refractivity contribution in [2.45, 2.75) is 45.4 Å². The van der Waals surface area contributed by atoms with Crippen LogP contribution < -0.4 is 11.1 Å². The topological polar surface area (TPSA) is 144 Å². The van der Waals surface area contributed by atoms with Crippen LogP contribution >= 0.6 is 11.6 Å². The third-order valence-corrected chi connectivity index (χ3v) is 8.38. The van der Waals surface area contributed by atoms with E-state index >= 15 is 0 Å². The SMILES string of the molecule is CN/C(=C1/N=CN(CC2(O)CCN(Cc3ccc(-c4c(C)noc4C)cc3Cl)CC2)C(=O)C1=N)c1ccc(CN)cc1. The summed E-state index contributed by atoms with van der Waals surface area (Å²) in [6.45, 7) is 6.23. The van der Waals surface area contributed by atoms with Crippen LogP contribution in [0.2, 0.25) is 5.02 Å². The zero-order chi connectivity index (χ0) is 30.0. The van der Waals surface area contributed by atoms with E-state index in [4.69, 9.17) is 27.3 Å². The molecule has 11 heteroatoms. The van der Waals surface area contributed by atoms with Gasteiger partial charge in [0.1, 0.15) is 17.2 Å². The van der Waals surface area contributed by atoms with E-state index in [-0.39, 0.29) is 18.0 Å². The molecule has 5 N–H and O–H groups in total. The molecule has 1 saturated heterocycles. The van der Waals surface area contributed by atoms with E-state index in [9.17, 15) is 9.90 Å². The number of likely N-dealkylation sites (tertiary alicyclic amines) is 1. The van der Waals surface area contributed by atoms with Gasteiger partial charge in [-0.25, -0.2) is 4.99 Å². The minimum atomic E-state index is -1.08. The van der Waals surface area contributed by atoms with Crippen molar-refractivity contribution < 1.29 is 14.4 Å². The van der Waals surface area contributed by atoms with Crippen LogP contribution in [-0.2, 0) is 17.9 Å². The van der Waals surface area contributed by atoms with Gasteiger partial charge in [-0.2, -0.15) is 0 Å². The van der Waals surface area contributed by atoms with Gasteiger partial charge in [0.2, 0.25) is 0 Å². The monoisotopic (exact) mass is 589 g/mol. The fraction of sp³-hybridized carbons (Fsp3) is 0.355. The molecular weight excluding hydrogens is 554 g/mol.